The summed E-state index contributed by atoms with van der Waals surface area (Å²) >= 11 is 1.44. The number of anilines is 1. The lowest BCUT2D eigenvalue weighted by Gasteiger charge is -2.34. The molecule has 1 aliphatic heterocycles. The van der Waals surface area contributed by atoms with E-state index in [2.05, 4.69) is 40.0 Å². The Bertz CT molecular complexity index is 1270. The van der Waals surface area contributed by atoms with Crippen LogP contribution in [-0.2, 0) is 4.79 Å². The van der Waals surface area contributed by atoms with Crippen molar-refractivity contribution in [2.75, 3.05) is 36.8 Å². The van der Waals surface area contributed by atoms with Gasteiger partial charge in [-0.05, 0) is 31.5 Å². The molecule has 0 radical (unpaired) electrons. The standard InChI is InChI=1S/C24H25N7OS/c1-17-15-18(2)28-31-22(17)21(19-7-4-3-5-8-19)27-24(31)33-16-20(32)29-11-13-30(14-12-29)23-25-9-6-10-26-23/h3-10,15H,11-14,16H2,1-2H3. The summed E-state index contributed by atoms with van der Waals surface area (Å²) in [5.41, 5.74) is 4.96. The van der Waals surface area contributed by atoms with Crippen molar-refractivity contribution >= 4 is 29.1 Å². The van der Waals surface area contributed by atoms with Crippen molar-refractivity contribution in [1.82, 2.24) is 29.5 Å². The minimum Gasteiger partial charge on any atom is -0.338 e. The van der Waals surface area contributed by atoms with E-state index in [9.17, 15) is 4.79 Å². The van der Waals surface area contributed by atoms with Gasteiger partial charge in [0.15, 0.2) is 5.16 Å². The van der Waals surface area contributed by atoms with E-state index in [-0.39, 0.29) is 5.91 Å². The SMILES string of the molecule is Cc1cc(C)c2c(-c3ccccc3)nc(SCC(=O)N3CCN(c4ncccn4)CC3)n2n1. The van der Waals surface area contributed by atoms with Gasteiger partial charge in [0.1, 0.15) is 0 Å². The lowest BCUT2D eigenvalue weighted by Crippen LogP contribution is -2.49. The number of carbonyl (C=O) groups is 1. The average molecular weight is 460 g/mol. The molecule has 168 valence electrons. The Hall–Kier alpha value is -3.46. The topological polar surface area (TPSA) is 79.5 Å². The summed E-state index contributed by atoms with van der Waals surface area (Å²) in [5.74, 6) is 1.15. The second kappa shape index (κ2) is 9.19. The third kappa shape index (κ3) is 4.41. The van der Waals surface area contributed by atoms with Gasteiger partial charge in [-0.15, -0.1) is 0 Å². The van der Waals surface area contributed by atoms with E-state index in [0.717, 1.165) is 46.3 Å². The third-order valence-corrected chi connectivity index (χ3v) is 6.63. The van der Waals surface area contributed by atoms with Crippen LogP contribution in [0.15, 0.2) is 60.0 Å². The van der Waals surface area contributed by atoms with Gasteiger partial charge in [-0.25, -0.2) is 19.5 Å². The second-order valence-electron chi connectivity index (χ2n) is 8.04. The van der Waals surface area contributed by atoms with Gasteiger partial charge in [-0.2, -0.15) is 5.10 Å². The lowest BCUT2D eigenvalue weighted by molar-refractivity contribution is -0.128. The molecule has 4 heterocycles. The molecule has 9 heteroatoms. The maximum atomic E-state index is 13.0. The first kappa shape index (κ1) is 21.4. The molecule has 33 heavy (non-hydrogen) atoms. The Kier molecular flexibility index (Phi) is 5.95. The maximum absolute atomic E-state index is 13.0. The number of hydrogen-bond donors (Lipinski definition) is 0. The molecule has 0 bridgehead atoms. The van der Waals surface area contributed by atoms with Crippen molar-refractivity contribution in [2.45, 2.75) is 19.0 Å². The summed E-state index contributed by atoms with van der Waals surface area (Å²) in [4.78, 5) is 30.5. The zero-order valence-corrected chi connectivity index (χ0v) is 19.5. The van der Waals surface area contributed by atoms with E-state index in [4.69, 9.17) is 10.1 Å². The van der Waals surface area contributed by atoms with Crippen LogP contribution in [0.4, 0.5) is 5.95 Å². The second-order valence-corrected chi connectivity index (χ2v) is 8.99. The summed E-state index contributed by atoms with van der Waals surface area (Å²) in [5, 5.41) is 5.44. The molecule has 0 spiro atoms. The zero-order valence-electron chi connectivity index (χ0n) is 18.7. The van der Waals surface area contributed by atoms with Crippen molar-refractivity contribution in [1.29, 1.82) is 0 Å². The minimum absolute atomic E-state index is 0.107. The van der Waals surface area contributed by atoms with Crippen LogP contribution in [0.3, 0.4) is 0 Å². The van der Waals surface area contributed by atoms with Crippen LogP contribution in [-0.4, -0.2) is 67.3 Å². The molecule has 1 saturated heterocycles. The van der Waals surface area contributed by atoms with Gasteiger partial charge in [-0.1, -0.05) is 42.1 Å². The quantitative estimate of drug-likeness (QED) is 0.424. The predicted octanol–water partition coefficient (Wildman–Crippen LogP) is 3.24. The Morgan fingerprint density at radius 1 is 1.00 bits per heavy atom. The summed E-state index contributed by atoms with van der Waals surface area (Å²) in [6.45, 7) is 6.82. The molecule has 0 aliphatic carbocycles. The van der Waals surface area contributed by atoms with Gasteiger partial charge in [0.05, 0.1) is 22.7 Å². The number of benzene rings is 1. The van der Waals surface area contributed by atoms with Crippen molar-refractivity contribution in [3.05, 3.63) is 66.1 Å². The predicted molar refractivity (Wildman–Crippen MR) is 129 cm³/mol. The average Bonchev–Trinajstić information content (AvgIpc) is 3.22. The molecule has 1 aromatic carbocycles. The number of thioether (sulfide) groups is 1. The van der Waals surface area contributed by atoms with Gasteiger partial charge >= 0.3 is 0 Å². The number of aromatic nitrogens is 5. The number of carbonyl (C=O) groups excluding carboxylic acids is 1. The van der Waals surface area contributed by atoms with E-state index in [1.54, 1.807) is 18.5 Å². The summed E-state index contributed by atoms with van der Waals surface area (Å²) in [6.07, 6.45) is 3.49. The number of fused-ring (bicyclic) bond motifs is 1. The first-order valence-corrected chi connectivity index (χ1v) is 11.9. The molecule has 0 N–H and O–H groups in total. The summed E-state index contributed by atoms with van der Waals surface area (Å²) in [7, 11) is 0. The Labute approximate surface area is 196 Å². The lowest BCUT2D eigenvalue weighted by atomic mass is 10.1. The minimum atomic E-state index is 0.107. The highest BCUT2D eigenvalue weighted by Crippen LogP contribution is 2.31. The molecular formula is C24H25N7OS. The Morgan fingerprint density at radius 3 is 2.45 bits per heavy atom. The molecule has 1 amide bonds. The molecule has 1 fully saturated rings. The van der Waals surface area contributed by atoms with Gasteiger partial charge in [0, 0.05) is 44.1 Å². The fourth-order valence-corrected chi connectivity index (χ4v) is 4.97. The Balaban J connectivity index is 1.31. The molecule has 3 aromatic heterocycles. The largest absolute Gasteiger partial charge is 0.338 e. The molecule has 1 aliphatic rings. The first-order chi connectivity index (χ1) is 16.1. The number of rotatable bonds is 5. The highest BCUT2D eigenvalue weighted by Gasteiger charge is 2.24. The highest BCUT2D eigenvalue weighted by atomic mass is 32.2. The van der Waals surface area contributed by atoms with Gasteiger partial charge in [0.25, 0.3) is 0 Å². The molecular weight excluding hydrogens is 434 g/mol. The van der Waals surface area contributed by atoms with Crippen LogP contribution >= 0.6 is 11.8 Å². The summed E-state index contributed by atoms with van der Waals surface area (Å²) in [6, 6.07) is 14.0. The maximum Gasteiger partial charge on any atom is 0.233 e. The zero-order chi connectivity index (χ0) is 22.8. The van der Waals surface area contributed by atoms with E-state index in [0.29, 0.717) is 24.8 Å². The Morgan fingerprint density at radius 2 is 1.73 bits per heavy atom. The normalized spacial score (nSPS) is 14.1. The number of hydrogen-bond acceptors (Lipinski definition) is 7. The van der Waals surface area contributed by atoms with E-state index < -0.39 is 0 Å². The molecule has 0 unspecified atom stereocenters. The molecule has 8 nitrogen and oxygen atoms in total. The van der Waals surface area contributed by atoms with E-state index >= 15 is 0 Å². The van der Waals surface area contributed by atoms with E-state index in [1.807, 2.05) is 34.5 Å². The van der Waals surface area contributed by atoms with Crippen LogP contribution in [0.5, 0.6) is 0 Å². The fraction of sp³-hybridized carbons (Fsp3) is 0.292. The number of imidazole rings is 1. The number of piperazine rings is 1. The molecule has 0 atom stereocenters. The molecule has 5 rings (SSSR count). The monoisotopic (exact) mass is 459 g/mol. The van der Waals surface area contributed by atoms with E-state index in [1.165, 1.54) is 11.8 Å². The van der Waals surface area contributed by atoms with Crippen molar-refractivity contribution in [3.8, 4) is 11.3 Å². The van der Waals surface area contributed by atoms with Crippen molar-refractivity contribution in [2.24, 2.45) is 0 Å². The summed E-state index contributed by atoms with van der Waals surface area (Å²) < 4.78 is 1.88. The van der Waals surface area contributed by atoms with Crippen LogP contribution < -0.4 is 4.90 Å². The fourth-order valence-electron chi connectivity index (χ4n) is 4.13. The van der Waals surface area contributed by atoms with Crippen molar-refractivity contribution in [3.63, 3.8) is 0 Å². The van der Waals surface area contributed by atoms with Crippen LogP contribution in [0.2, 0.25) is 0 Å². The van der Waals surface area contributed by atoms with Crippen LogP contribution in [0.1, 0.15) is 11.3 Å². The smallest absolute Gasteiger partial charge is 0.233 e. The van der Waals surface area contributed by atoms with Crippen LogP contribution in [0.25, 0.3) is 16.8 Å². The third-order valence-electron chi connectivity index (χ3n) is 5.72. The highest BCUT2D eigenvalue weighted by molar-refractivity contribution is 7.99. The first-order valence-electron chi connectivity index (χ1n) is 10.9. The van der Waals surface area contributed by atoms with Gasteiger partial charge in [-0.3, -0.25) is 4.79 Å². The number of aryl methyl sites for hydroxylation is 2. The number of amides is 1. The number of nitrogens with zero attached hydrogens (tertiary/aromatic N) is 7. The van der Waals surface area contributed by atoms with Crippen LogP contribution in [0, 0.1) is 13.8 Å². The molecule has 4 aromatic rings. The van der Waals surface area contributed by atoms with Gasteiger partial charge in [0.2, 0.25) is 11.9 Å². The van der Waals surface area contributed by atoms with Crippen molar-refractivity contribution < 1.29 is 4.79 Å². The van der Waals surface area contributed by atoms with Gasteiger partial charge < -0.3 is 9.80 Å². The molecule has 0 saturated carbocycles.